The molecule has 0 aliphatic rings. The van der Waals surface area contributed by atoms with Gasteiger partial charge in [-0.25, -0.2) is 4.98 Å². The van der Waals surface area contributed by atoms with Crippen molar-refractivity contribution >= 4 is 28.5 Å². The van der Waals surface area contributed by atoms with Crippen LogP contribution >= 0.6 is 11.6 Å². The van der Waals surface area contributed by atoms with Gasteiger partial charge in [0.1, 0.15) is 11.6 Å². The third-order valence-electron chi connectivity index (χ3n) is 5.72. The minimum atomic E-state index is -0.0815. The predicted octanol–water partition coefficient (Wildman–Crippen LogP) is 6.30. The second-order valence-corrected chi connectivity index (χ2v) is 8.70. The molecule has 176 valence electrons. The molecule has 0 spiro atoms. The van der Waals surface area contributed by atoms with E-state index >= 15 is 0 Å². The number of rotatable bonds is 12. The molecule has 1 N–H and O–H groups in total. The lowest BCUT2D eigenvalue weighted by Gasteiger charge is -2.11. The van der Waals surface area contributed by atoms with E-state index in [1.165, 1.54) is 5.52 Å². The largest absolute Gasteiger partial charge is 0.494 e. The number of carbonyl (C=O) groups excluding carboxylic acids is 1. The molecule has 0 radical (unpaired) electrons. The Balaban J connectivity index is 1.24. The second kappa shape index (κ2) is 12.2. The molecule has 0 unspecified atom stereocenters. The number of nitrogens with one attached hydrogen (secondary N) is 1. The SMILES string of the molecule is O=C(NCCCCCc1nc2ccccc2n1CCCOc1ccccc1)c1cccc(Cl)c1. The highest BCUT2D eigenvalue weighted by Crippen LogP contribution is 2.19. The van der Waals surface area contributed by atoms with Crippen LogP contribution in [0.15, 0.2) is 78.9 Å². The highest BCUT2D eigenvalue weighted by Gasteiger charge is 2.10. The fraction of sp³-hybridized carbons (Fsp3) is 0.286. The minimum Gasteiger partial charge on any atom is -0.494 e. The molecule has 0 bridgehead atoms. The van der Waals surface area contributed by atoms with Gasteiger partial charge in [0.05, 0.1) is 17.6 Å². The van der Waals surface area contributed by atoms with Crippen molar-refractivity contribution in [3.63, 3.8) is 0 Å². The highest BCUT2D eigenvalue weighted by molar-refractivity contribution is 6.30. The smallest absolute Gasteiger partial charge is 0.251 e. The molecule has 3 aromatic carbocycles. The molecule has 0 saturated heterocycles. The van der Waals surface area contributed by atoms with E-state index in [9.17, 15) is 4.79 Å². The summed E-state index contributed by atoms with van der Waals surface area (Å²) in [4.78, 5) is 17.1. The van der Waals surface area contributed by atoms with E-state index in [2.05, 4.69) is 28.1 Å². The maximum absolute atomic E-state index is 12.2. The summed E-state index contributed by atoms with van der Waals surface area (Å²) in [6.07, 6.45) is 4.80. The summed E-state index contributed by atoms with van der Waals surface area (Å²) in [5.41, 5.74) is 2.80. The van der Waals surface area contributed by atoms with Gasteiger partial charge >= 0.3 is 0 Å². The van der Waals surface area contributed by atoms with Crippen molar-refractivity contribution in [2.45, 2.75) is 38.6 Å². The van der Waals surface area contributed by atoms with Crippen molar-refractivity contribution in [2.75, 3.05) is 13.2 Å². The van der Waals surface area contributed by atoms with Crippen molar-refractivity contribution in [1.82, 2.24) is 14.9 Å². The lowest BCUT2D eigenvalue weighted by atomic mass is 10.1. The van der Waals surface area contributed by atoms with Crippen LogP contribution in [0.1, 0.15) is 41.9 Å². The van der Waals surface area contributed by atoms with Crippen LogP contribution < -0.4 is 10.1 Å². The Hall–Kier alpha value is -3.31. The molecule has 4 aromatic rings. The number of unbranched alkanes of at least 4 members (excludes halogenated alkanes) is 2. The van der Waals surface area contributed by atoms with E-state index in [-0.39, 0.29) is 5.91 Å². The molecule has 6 heteroatoms. The highest BCUT2D eigenvalue weighted by atomic mass is 35.5. The van der Waals surface area contributed by atoms with E-state index in [0.29, 0.717) is 23.7 Å². The van der Waals surface area contributed by atoms with E-state index in [1.54, 1.807) is 24.3 Å². The van der Waals surface area contributed by atoms with E-state index in [1.807, 2.05) is 36.4 Å². The molecular weight excluding hydrogens is 446 g/mol. The molecule has 0 atom stereocenters. The third kappa shape index (κ3) is 6.61. The van der Waals surface area contributed by atoms with Crippen LogP contribution in [0.5, 0.6) is 5.75 Å². The fourth-order valence-corrected chi connectivity index (χ4v) is 4.20. The van der Waals surface area contributed by atoms with Gasteiger partial charge < -0.3 is 14.6 Å². The van der Waals surface area contributed by atoms with Gasteiger partial charge in [0.25, 0.3) is 5.91 Å². The van der Waals surface area contributed by atoms with Gasteiger partial charge in [0.15, 0.2) is 0 Å². The monoisotopic (exact) mass is 475 g/mol. The Bertz CT molecular complexity index is 1210. The molecule has 1 aromatic heterocycles. The predicted molar refractivity (Wildman–Crippen MR) is 138 cm³/mol. The normalized spacial score (nSPS) is 11.0. The first-order valence-electron chi connectivity index (χ1n) is 11.9. The van der Waals surface area contributed by atoms with Crippen molar-refractivity contribution in [1.29, 1.82) is 0 Å². The summed E-state index contributed by atoms with van der Waals surface area (Å²) in [7, 11) is 0. The molecule has 0 fully saturated rings. The Kier molecular flexibility index (Phi) is 8.58. The third-order valence-corrected chi connectivity index (χ3v) is 5.96. The van der Waals surface area contributed by atoms with Crippen LogP contribution in [0.25, 0.3) is 11.0 Å². The van der Waals surface area contributed by atoms with Crippen LogP contribution in [-0.2, 0) is 13.0 Å². The van der Waals surface area contributed by atoms with Crippen molar-refractivity contribution in [3.05, 3.63) is 95.3 Å². The van der Waals surface area contributed by atoms with Crippen LogP contribution in [-0.4, -0.2) is 28.6 Å². The molecular formula is C28H30ClN3O2. The summed E-state index contributed by atoms with van der Waals surface area (Å²) < 4.78 is 8.19. The number of para-hydroxylation sites is 3. The number of hydrogen-bond donors (Lipinski definition) is 1. The Morgan fingerprint density at radius 2 is 1.74 bits per heavy atom. The van der Waals surface area contributed by atoms with E-state index < -0.39 is 0 Å². The zero-order valence-electron chi connectivity index (χ0n) is 19.3. The first kappa shape index (κ1) is 23.8. The number of ether oxygens (including phenoxy) is 1. The van der Waals surface area contributed by atoms with Crippen LogP contribution in [0, 0.1) is 0 Å². The number of nitrogens with zero attached hydrogens (tertiary/aromatic N) is 2. The molecule has 1 heterocycles. The maximum atomic E-state index is 12.2. The van der Waals surface area contributed by atoms with Crippen LogP contribution in [0.3, 0.4) is 0 Å². The number of aryl methyl sites for hydroxylation is 2. The van der Waals surface area contributed by atoms with Crippen molar-refractivity contribution in [3.8, 4) is 5.75 Å². The number of amides is 1. The van der Waals surface area contributed by atoms with Gasteiger partial charge in [-0.3, -0.25) is 4.79 Å². The molecule has 4 rings (SSSR count). The van der Waals surface area contributed by atoms with Gasteiger partial charge in [-0.15, -0.1) is 0 Å². The Morgan fingerprint density at radius 3 is 2.59 bits per heavy atom. The zero-order chi connectivity index (χ0) is 23.6. The van der Waals surface area contributed by atoms with Crippen molar-refractivity contribution < 1.29 is 9.53 Å². The summed E-state index contributed by atoms with van der Waals surface area (Å²) in [5.74, 6) is 1.94. The fourth-order valence-electron chi connectivity index (χ4n) is 4.01. The summed E-state index contributed by atoms with van der Waals surface area (Å²) in [5, 5.41) is 3.54. The summed E-state index contributed by atoms with van der Waals surface area (Å²) in [6.45, 7) is 2.19. The Morgan fingerprint density at radius 1 is 0.912 bits per heavy atom. The zero-order valence-corrected chi connectivity index (χ0v) is 20.0. The molecule has 5 nitrogen and oxygen atoms in total. The number of carbonyl (C=O) groups is 1. The number of imidazole rings is 1. The minimum absolute atomic E-state index is 0.0815. The van der Waals surface area contributed by atoms with Gasteiger partial charge in [-0.05, 0) is 61.7 Å². The number of fused-ring (bicyclic) bond motifs is 1. The average Bonchev–Trinajstić information content (AvgIpc) is 3.21. The number of benzene rings is 3. The number of halogens is 1. The number of aromatic nitrogens is 2. The van der Waals surface area contributed by atoms with Crippen LogP contribution in [0.4, 0.5) is 0 Å². The lowest BCUT2D eigenvalue weighted by molar-refractivity contribution is 0.0953. The standard InChI is InChI=1S/C28H30ClN3O2/c29-23-12-9-11-22(21-23)28(33)30-18-8-2-5-17-27-31-25-15-6-7-16-26(25)32(27)19-10-20-34-24-13-3-1-4-14-24/h1,3-4,6-7,9,11-16,21H,2,5,8,10,17-20H2,(H,30,33). The maximum Gasteiger partial charge on any atom is 0.251 e. The molecule has 1 amide bonds. The van der Waals surface area contributed by atoms with E-state index in [0.717, 1.165) is 55.7 Å². The Labute approximate surface area is 205 Å². The van der Waals surface area contributed by atoms with Crippen molar-refractivity contribution in [2.24, 2.45) is 0 Å². The van der Waals surface area contributed by atoms with Gasteiger partial charge in [-0.2, -0.15) is 0 Å². The quantitative estimate of drug-likeness (QED) is 0.244. The number of hydrogen-bond acceptors (Lipinski definition) is 3. The molecule has 34 heavy (non-hydrogen) atoms. The lowest BCUT2D eigenvalue weighted by Crippen LogP contribution is -2.24. The first-order chi connectivity index (χ1) is 16.7. The molecule has 0 aliphatic heterocycles. The first-order valence-corrected chi connectivity index (χ1v) is 12.2. The average molecular weight is 476 g/mol. The van der Waals surface area contributed by atoms with Gasteiger partial charge in [-0.1, -0.05) is 54.4 Å². The van der Waals surface area contributed by atoms with Gasteiger partial charge in [0, 0.05) is 30.1 Å². The van der Waals surface area contributed by atoms with Crippen LogP contribution in [0.2, 0.25) is 5.02 Å². The molecule has 0 aliphatic carbocycles. The van der Waals surface area contributed by atoms with Gasteiger partial charge in [0.2, 0.25) is 0 Å². The summed E-state index contributed by atoms with van der Waals surface area (Å²) >= 11 is 5.96. The van der Waals surface area contributed by atoms with E-state index in [4.69, 9.17) is 21.3 Å². The summed E-state index contributed by atoms with van der Waals surface area (Å²) in [6, 6.07) is 25.2. The topological polar surface area (TPSA) is 56.2 Å². The second-order valence-electron chi connectivity index (χ2n) is 8.26. The molecule has 0 saturated carbocycles.